The zero-order chi connectivity index (χ0) is 18.4. The summed E-state index contributed by atoms with van der Waals surface area (Å²) in [7, 11) is 1.60. The van der Waals surface area contributed by atoms with Gasteiger partial charge in [0.1, 0.15) is 0 Å². The highest BCUT2D eigenvalue weighted by molar-refractivity contribution is 7.99. The Kier molecular flexibility index (Phi) is 7.01. The van der Waals surface area contributed by atoms with Crippen molar-refractivity contribution in [3.05, 3.63) is 34.6 Å². The lowest BCUT2D eigenvalue weighted by atomic mass is 10.2. The van der Waals surface area contributed by atoms with Gasteiger partial charge < -0.3 is 10.1 Å². The van der Waals surface area contributed by atoms with Gasteiger partial charge in [-0.1, -0.05) is 37.7 Å². The number of benzene rings is 1. The van der Waals surface area contributed by atoms with Gasteiger partial charge in [-0.2, -0.15) is 0 Å². The minimum absolute atomic E-state index is 0.0629. The van der Waals surface area contributed by atoms with Crippen LogP contribution in [0.25, 0.3) is 10.9 Å². The molecule has 0 bridgehead atoms. The summed E-state index contributed by atoms with van der Waals surface area (Å²) in [5, 5.41) is 3.98. The number of para-hydroxylation sites is 1. The molecular formula is C18H25N3O3S. The van der Waals surface area contributed by atoms with E-state index in [0.29, 0.717) is 35.1 Å². The van der Waals surface area contributed by atoms with Crippen molar-refractivity contribution in [2.75, 3.05) is 26.0 Å². The number of fused-ring (bicyclic) bond motifs is 1. The molecule has 2 rings (SSSR count). The maximum Gasteiger partial charge on any atom is 0.262 e. The number of hydrogen-bond donors (Lipinski definition) is 1. The van der Waals surface area contributed by atoms with Crippen molar-refractivity contribution in [1.29, 1.82) is 0 Å². The van der Waals surface area contributed by atoms with Gasteiger partial charge in [0.15, 0.2) is 5.16 Å². The van der Waals surface area contributed by atoms with Crippen LogP contribution in [-0.2, 0) is 9.53 Å². The number of rotatable bonds is 8. The molecule has 0 fully saturated rings. The first-order valence-electron chi connectivity index (χ1n) is 8.33. The van der Waals surface area contributed by atoms with Gasteiger partial charge in [0.05, 0.1) is 29.3 Å². The number of methoxy groups -OCH3 is 1. The maximum atomic E-state index is 12.9. The molecule has 7 heteroatoms. The largest absolute Gasteiger partial charge is 0.383 e. The van der Waals surface area contributed by atoms with Crippen molar-refractivity contribution < 1.29 is 9.53 Å². The first-order chi connectivity index (χ1) is 11.9. The average Bonchev–Trinajstić information content (AvgIpc) is 2.58. The number of amides is 1. The van der Waals surface area contributed by atoms with E-state index in [1.807, 2.05) is 39.0 Å². The summed E-state index contributed by atoms with van der Waals surface area (Å²) in [4.78, 5) is 29.5. The Morgan fingerprint density at radius 2 is 2.04 bits per heavy atom. The van der Waals surface area contributed by atoms with E-state index in [1.165, 1.54) is 11.8 Å². The Balaban J connectivity index is 2.31. The van der Waals surface area contributed by atoms with Crippen LogP contribution in [0.15, 0.2) is 34.2 Å². The van der Waals surface area contributed by atoms with Gasteiger partial charge in [0, 0.05) is 13.7 Å². The highest BCUT2D eigenvalue weighted by Crippen LogP contribution is 2.21. The molecule has 1 atom stereocenters. The fourth-order valence-electron chi connectivity index (χ4n) is 2.43. The molecule has 0 saturated carbocycles. The smallest absolute Gasteiger partial charge is 0.262 e. The number of aromatic nitrogens is 2. The Bertz CT molecular complexity index is 789. The molecule has 0 aliphatic heterocycles. The molecule has 0 aliphatic carbocycles. The van der Waals surface area contributed by atoms with Crippen molar-refractivity contribution in [3.8, 4) is 0 Å². The van der Waals surface area contributed by atoms with E-state index in [0.717, 1.165) is 0 Å². The van der Waals surface area contributed by atoms with Crippen molar-refractivity contribution in [2.24, 2.45) is 5.92 Å². The normalized spacial score (nSPS) is 12.5. The van der Waals surface area contributed by atoms with Crippen LogP contribution in [0, 0.1) is 5.92 Å². The molecule has 0 aliphatic rings. The lowest BCUT2D eigenvalue weighted by molar-refractivity contribution is -0.118. The average molecular weight is 363 g/mol. The summed E-state index contributed by atoms with van der Waals surface area (Å²) in [6.07, 6.45) is 0. The van der Waals surface area contributed by atoms with Gasteiger partial charge >= 0.3 is 0 Å². The highest BCUT2D eigenvalue weighted by Gasteiger charge is 2.17. The van der Waals surface area contributed by atoms with E-state index in [-0.39, 0.29) is 23.3 Å². The van der Waals surface area contributed by atoms with Crippen molar-refractivity contribution in [2.45, 2.75) is 32.0 Å². The molecule has 1 aromatic heterocycles. The number of ether oxygens (including phenoxy) is 1. The third-order valence-corrected chi connectivity index (χ3v) is 4.62. The van der Waals surface area contributed by atoms with Crippen molar-refractivity contribution in [1.82, 2.24) is 14.9 Å². The number of hydrogen-bond acceptors (Lipinski definition) is 5. The van der Waals surface area contributed by atoms with Crippen LogP contribution in [0.2, 0.25) is 0 Å². The third kappa shape index (κ3) is 5.06. The van der Waals surface area contributed by atoms with E-state index in [4.69, 9.17) is 4.74 Å². The van der Waals surface area contributed by atoms with Crippen molar-refractivity contribution in [3.63, 3.8) is 0 Å². The Morgan fingerprint density at radius 3 is 2.72 bits per heavy atom. The van der Waals surface area contributed by atoms with Crippen LogP contribution in [-0.4, -0.2) is 41.5 Å². The first-order valence-corrected chi connectivity index (χ1v) is 9.32. The van der Waals surface area contributed by atoms with E-state index < -0.39 is 0 Å². The highest BCUT2D eigenvalue weighted by atomic mass is 32.2. The van der Waals surface area contributed by atoms with Gasteiger partial charge in [0.2, 0.25) is 5.91 Å². The van der Waals surface area contributed by atoms with Gasteiger partial charge in [0.25, 0.3) is 5.56 Å². The molecule has 6 nitrogen and oxygen atoms in total. The Morgan fingerprint density at radius 1 is 1.32 bits per heavy atom. The van der Waals surface area contributed by atoms with Crippen LogP contribution < -0.4 is 10.9 Å². The molecule has 1 amide bonds. The van der Waals surface area contributed by atoms with Crippen LogP contribution in [0.5, 0.6) is 0 Å². The SMILES string of the molecule is COCC(C)n1c(SCC(=O)NCC(C)C)nc2ccccc2c1=O. The molecular weight excluding hydrogens is 338 g/mol. The number of carbonyl (C=O) groups is 1. The molecule has 136 valence electrons. The fourth-order valence-corrected chi connectivity index (χ4v) is 3.36. The van der Waals surface area contributed by atoms with E-state index in [2.05, 4.69) is 10.3 Å². The summed E-state index contributed by atoms with van der Waals surface area (Å²) in [6, 6.07) is 7.08. The third-order valence-electron chi connectivity index (χ3n) is 3.66. The second-order valence-corrected chi connectivity index (χ2v) is 7.32. The zero-order valence-electron chi connectivity index (χ0n) is 15.1. The van der Waals surface area contributed by atoms with E-state index >= 15 is 0 Å². The van der Waals surface area contributed by atoms with Gasteiger partial charge in [-0.25, -0.2) is 4.98 Å². The lowest BCUT2D eigenvalue weighted by Gasteiger charge is -2.18. The van der Waals surface area contributed by atoms with Crippen LogP contribution in [0.4, 0.5) is 0 Å². The summed E-state index contributed by atoms with van der Waals surface area (Å²) in [5.74, 6) is 0.553. The number of nitrogens with one attached hydrogen (secondary N) is 1. The number of carbonyl (C=O) groups excluding carboxylic acids is 1. The molecule has 25 heavy (non-hydrogen) atoms. The molecule has 1 heterocycles. The summed E-state index contributed by atoms with van der Waals surface area (Å²) >= 11 is 1.27. The quantitative estimate of drug-likeness (QED) is 0.576. The second-order valence-electron chi connectivity index (χ2n) is 6.38. The van der Waals surface area contributed by atoms with Crippen LogP contribution >= 0.6 is 11.8 Å². The molecule has 1 N–H and O–H groups in total. The Labute approximate surface area is 152 Å². The van der Waals surface area contributed by atoms with Crippen molar-refractivity contribution >= 4 is 28.6 Å². The second kappa shape index (κ2) is 9.01. The monoisotopic (exact) mass is 363 g/mol. The lowest BCUT2D eigenvalue weighted by Crippen LogP contribution is -2.31. The number of thioether (sulfide) groups is 1. The predicted molar refractivity (Wildman–Crippen MR) is 101 cm³/mol. The predicted octanol–water partition coefficient (Wildman–Crippen LogP) is 2.47. The minimum Gasteiger partial charge on any atom is -0.383 e. The standard InChI is InChI=1S/C18H25N3O3S/c1-12(2)9-19-16(22)11-25-18-20-15-8-6-5-7-14(15)17(23)21(18)13(3)10-24-4/h5-8,12-13H,9-11H2,1-4H3,(H,19,22). The maximum absolute atomic E-state index is 12.9. The molecule has 0 spiro atoms. The molecule has 2 aromatic rings. The minimum atomic E-state index is -0.171. The zero-order valence-corrected chi connectivity index (χ0v) is 15.9. The van der Waals surface area contributed by atoms with E-state index in [1.54, 1.807) is 17.7 Å². The molecule has 0 radical (unpaired) electrons. The molecule has 1 aromatic carbocycles. The van der Waals surface area contributed by atoms with Crippen LogP contribution in [0.1, 0.15) is 26.8 Å². The number of nitrogens with zero attached hydrogens (tertiary/aromatic N) is 2. The Hall–Kier alpha value is -1.86. The summed E-state index contributed by atoms with van der Waals surface area (Å²) in [6.45, 7) is 7.03. The fraction of sp³-hybridized carbons (Fsp3) is 0.500. The van der Waals surface area contributed by atoms with Crippen LogP contribution in [0.3, 0.4) is 0 Å². The van der Waals surface area contributed by atoms with Gasteiger partial charge in [-0.3, -0.25) is 14.2 Å². The molecule has 1 unspecified atom stereocenters. The van der Waals surface area contributed by atoms with Gasteiger partial charge in [-0.05, 0) is 25.0 Å². The topological polar surface area (TPSA) is 73.2 Å². The first kappa shape index (κ1) is 19.5. The summed E-state index contributed by atoms with van der Waals surface area (Å²) in [5.41, 5.74) is 0.527. The summed E-state index contributed by atoms with van der Waals surface area (Å²) < 4.78 is 6.81. The molecule has 0 saturated heterocycles. The van der Waals surface area contributed by atoms with Gasteiger partial charge in [-0.15, -0.1) is 0 Å². The van der Waals surface area contributed by atoms with E-state index in [9.17, 15) is 9.59 Å².